The average molecular weight is 227 g/mol. The van der Waals surface area contributed by atoms with Gasteiger partial charge in [-0.3, -0.25) is 9.69 Å². The standard InChI is InChI=1S/C11H21N3O2/c1-3-14(4-2)11(15)9-13-7-5-10(12-16)6-8-13/h16H,3-9H2,1-2H3. The van der Waals surface area contributed by atoms with Gasteiger partial charge in [0.2, 0.25) is 5.91 Å². The van der Waals surface area contributed by atoms with Gasteiger partial charge in [-0.2, -0.15) is 0 Å². The van der Waals surface area contributed by atoms with E-state index in [0.717, 1.165) is 44.7 Å². The van der Waals surface area contributed by atoms with Crippen LogP contribution in [0.15, 0.2) is 5.16 Å². The number of likely N-dealkylation sites (tertiary alicyclic amines) is 1. The number of carbonyl (C=O) groups is 1. The molecule has 0 unspecified atom stereocenters. The Kier molecular flexibility index (Phi) is 5.25. The monoisotopic (exact) mass is 227 g/mol. The van der Waals surface area contributed by atoms with E-state index in [0.29, 0.717) is 6.54 Å². The molecule has 0 bridgehead atoms. The summed E-state index contributed by atoms with van der Waals surface area (Å²) in [5, 5.41) is 11.8. The van der Waals surface area contributed by atoms with Gasteiger partial charge in [0.05, 0.1) is 12.3 Å². The summed E-state index contributed by atoms with van der Waals surface area (Å²) in [6, 6.07) is 0. The van der Waals surface area contributed by atoms with Gasteiger partial charge in [-0.15, -0.1) is 0 Å². The fourth-order valence-corrected chi connectivity index (χ4v) is 1.94. The van der Waals surface area contributed by atoms with E-state index >= 15 is 0 Å². The van der Waals surface area contributed by atoms with Crippen molar-refractivity contribution in [2.24, 2.45) is 5.16 Å². The Morgan fingerprint density at radius 3 is 2.38 bits per heavy atom. The number of piperidine rings is 1. The summed E-state index contributed by atoms with van der Waals surface area (Å²) in [6.07, 6.45) is 1.53. The highest BCUT2D eigenvalue weighted by molar-refractivity contribution is 5.85. The van der Waals surface area contributed by atoms with Crippen LogP contribution in [-0.2, 0) is 4.79 Å². The normalized spacial score (nSPS) is 17.2. The number of hydrogen-bond acceptors (Lipinski definition) is 4. The number of oxime groups is 1. The van der Waals surface area contributed by atoms with E-state index in [1.807, 2.05) is 18.7 Å². The first-order valence-corrected chi connectivity index (χ1v) is 5.91. The molecule has 1 aliphatic rings. The minimum absolute atomic E-state index is 0.189. The Morgan fingerprint density at radius 1 is 1.38 bits per heavy atom. The lowest BCUT2D eigenvalue weighted by atomic mass is 10.1. The molecule has 1 aliphatic heterocycles. The number of nitrogens with zero attached hydrogens (tertiary/aromatic N) is 3. The van der Waals surface area contributed by atoms with Gasteiger partial charge in [-0.25, -0.2) is 0 Å². The molecule has 1 heterocycles. The van der Waals surface area contributed by atoms with E-state index in [1.54, 1.807) is 0 Å². The van der Waals surface area contributed by atoms with Crippen LogP contribution in [0, 0.1) is 0 Å². The largest absolute Gasteiger partial charge is 0.411 e. The smallest absolute Gasteiger partial charge is 0.236 e. The molecule has 0 radical (unpaired) electrons. The maximum absolute atomic E-state index is 11.8. The third-order valence-corrected chi connectivity index (χ3v) is 3.05. The third-order valence-electron chi connectivity index (χ3n) is 3.05. The molecular formula is C11H21N3O2. The zero-order valence-electron chi connectivity index (χ0n) is 10.1. The molecule has 0 saturated carbocycles. The molecule has 5 heteroatoms. The average Bonchev–Trinajstić information content (AvgIpc) is 2.31. The van der Waals surface area contributed by atoms with E-state index in [2.05, 4.69) is 10.1 Å². The molecule has 0 aliphatic carbocycles. The van der Waals surface area contributed by atoms with Gasteiger partial charge in [-0.1, -0.05) is 5.16 Å². The molecule has 5 nitrogen and oxygen atoms in total. The highest BCUT2D eigenvalue weighted by Crippen LogP contribution is 2.07. The maximum Gasteiger partial charge on any atom is 0.236 e. The molecule has 1 rings (SSSR count). The Balaban J connectivity index is 2.36. The van der Waals surface area contributed by atoms with Crippen molar-refractivity contribution in [3.05, 3.63) is 0 Å². The Bertz CT molecular complexity index is 252. The second kappa shape index (κ2) is 6.48. The predicted octanol–water partition coefficient (Wildman–Crippen LogP) is 0.781. The van der Waals surface area contributed by atoms with E-state index in [9.17, 15) is 4.79 Å². The number of amides is 1. The van der Waals surface area contributed by atoms with Crippen molar-refractivity contribution in [3.63, 3.8) is 0 Å². The van der Waals surface area contributed by atoms with Gasteiger partial charge in [0.25, 0.3) is 0 Å². The van der Waals surface area contributed by atoms with Crippen molar-refractivity contribution in [3.8, 4) is 0 Å². The quantitative estimate of drug-likeness (QED) is 0.570. The van der Waals surface area contributed by atoms with Crippen molar-refractivity contribution in [1.29, 1.82) is 0 Å². The van der Waals surface area contributed by atoms with Crippen molar-refractivity contribution < 1.29 is 10.0 Å². The van der Waals surface area contributed by atoms with Crippen LogP contribution in [0.5, 0.6) is 0 Å². The van der Waals surface area contributed by atoms with Crippen LogP contribution in [0.1, 0.15) is 26.7 Å². The number of likely N-dealkylation sites (N-methyl/N-ethyl adjacent to an activating group) is 1. The van der Waals surface area contributed by atoms with Crippen LogP contribution in [0.3, 0.4) is 0 Å². The lowest BCUT2D eigenvalue weighted by Gasteiger charge is -2.28. The summed E-state index contributed by atoms with van der Waals surface area (Å²) in [4.78, 5) is 15.8. The first-order chi connectivity index (χ1) is 7.71. The fraction of sp³-hybridized carbons (Fsp3) is 0.818. The summed E-state index contributed by atoms with van der Waals surface area (Å²) in [7, 11) is 0. The van der Waals surface area contributed by atoms with E-state index in [4.69, 9.17) is 5.21 Å². The summed E-state index contributed by atoms with van der Waals surface area (Å²) in [5.74, 6) is 0.189. The molecule has 0 atom stereocenters. The minimum Gasteiger partial charge on any atom is -0.411 e. The van der Waals surface area contributed by atoms with Crippen LogP contribution in [-0.4, -0.2) is 59.3 Å². The summed E-state index contributed by atoms with van der Waals surface area (Å²) in [5.41, 5.74) is 0.839. The van der Waals surface area contributed by atoms with Crippen molar-refractivity contribution in [2.75, 3.05) is 32.7 Å². The zero-order valence-corrected chi connectivity index (χ0v) is 10.1. The lowest BCUT2D eigenvalue weighted by molar-refractivity contribution is -0.132. The Labute approximate surface area is 96.7 Å². The molecule has 1 amide bonds. The van der Waals surface area contributed by atoms with Crippen LogP contribution in [0.25, 0.3) is 0 Å². The van der Waals surface area contributed by atoms with Crippen LogP contribution in [0.2, 0.25) is 0 Å². The number of rotatable bonds is 4. The van der Waals surface area contributed by atoms with Gasteiger partial charge < -0.3 is 10.1 Å². The van der Waals surface area contributed by atoms with Gasteiger partial charge in [0, 0.05) is 39.0 Å². The van der Waals surface area contributed by atoms with Gasteiger partial charge in [0.15, 0.2) is 0 Å². The molecular weight excluding hydrogens is 206 g/mol. The minimum atomic E-state index is 0.189. The molecule has 0 aromatic carbocycles. The molecule has 92 valence electrons. The molecule has 1 fully saturated rings. The van der Waals surface area contributed by atoms with E-state index in [-0.39, 0.29) is 5.91 Å². The number of carbonyl (C=O) groups excluding carboxylic acids is 1. The summed E-state index contributed by atoms with van der Waals surface area (Å²) < 4.78 is 0. The summed E-state index contributed by atoms with van der Waals surface area (Å²) >= 11 is 0. The first-order valence-electron chi connectivity index (χ1n) is 5.91. The predicted molar refractivity (Wildman–Crippen MR) is 62.8 cm³/mol. The van der Waals surface area contributed by atoms with E-state index < -0.39 is 0 Å². The van der Waals surface area contributed by atoms with Gasteiger partial charge in [0.1, 0.15) is 0 Å². The fourth-order valence-electron chi connectivity index (χ4n) is 1.94. The SMILES string of the molecule is CCN(CC)C(=O)CN1CCC(=NO)CC1. The second-order valence-electron chi connectivity index (χ2n) is 4.01. The van der Waals surface area contributed by atoms with Gasteiger partial charge in [-0.05, 0) is 13.8 Å². The van der Waals surface area contributed by atoms with Crippen molar-refractivity contribution >= 4 is 11.6 Å². The Hall–Kier alpha value is -1.10. The maximum atomic E-state index is 11.8. The van der Waals surface area contributed by atoms with Crippen molar-refractivity contribution in [2.45, 2.75) is 26.7 Å². The zero-order chi connectivity index (χ0) is 12.0. The van der Waals surface area contributed by atoms with Crippen LogP contribution >= 0.6 is 0 Å². The molecule has 1 N–H and O–H groups in total. The molecule has 0 spiro atoms. The third kappa shape index (κ3) is 3.48. The lowest BCUT2D eigenvalue weighted by Crippen LogP contribution is -2.43. The highest BCUT2D eigenvalue weighted by Gasteiger charge is 2.19. The van der Waals surface area contributed by atoms with Crippen LogP contribution in [0.4, 0.5) is 0 Å². The van der Waals surface area contributed by atoms with Gasteiger partial charge >= 0.3 is 0 Å². The van der Waals surface area contributed by atoms with Crippen molar-refractivity contribution in [1.82, 2.24) is 9.80 Å². The second-order valence-corrected chi connectivity index (χ2v) is 4.01. The highest BCUT2D eigenvalue weighted by atomic mass is 16.4. The first kappa shape index (κ1) is 13.0. The van der Waals surface area contributed by atoms with Crippen LogP contribution < -0.4 is 0 Å². The Morgan fingerprint density at radius 2 is 1.94 bits per heavy atom. The molecule has 16 heavy (non-hydrogen) atoms. The molecule has 0 aromatic heterocycles. The molecule has 1 saturated heterocycles. The number of hydrogen-bond donors (Lipinski definition) is 1. The topological polar surface area (TPSA) is 56.1 Å². The molecule has 0 aromatic rings. The van der Waals surface area contributed by atoms with E-state index in [1.165, 1.54) is 0 Å². The summed E-state index contributed by atoms with van der Waals surface area (Å²) in [6.45, 7) is 7.64.